The minimum absolute atomic E-state index is 0.0553. The number of carbonyl (C=O) groups excluding carboxylic acids is 2. The molecule has 30 heavy (non-hydrogen) atoms. The number of nitrogens with zero attached hydrogens (tertiary/aromatic N) is 5. The average molecular weight is 422 g/mol. The van der Waals surface area contributed by atoms with Gasteiger partial charge in [-0.25, -0.2) is 9.67 Å². The Bertz CT molecular complexity index is 1210. The molecule has 3 N–H and O–H groups in total. The van der Waals surface area contributed by atoms with Gasteiger partial charge in [-0.3, -0.25) is 19.7 Å². The number of rotatable bonds is 6. The smallest absolute Gasteiger partial charge is 0.258 e. The van der Waals surface area contributed by atoms with Gasteiger partial charge in [-0.15, -0.1) is 16.4 Å². The van der Waals surface area contributed by atoms with Gasteiger partial charge in [-0.2, -0.15) is 0 Å². The molecule has 4 aromatic rings. The number of hydrogen-bond acceptors (Lipinski definition) is 8. The van der Waals surface area contributed by atoms with Crippen molar-refractivity contribution >= 4 is 34.0 Å². The SMILES string of the molecule is O=C(Cc1csc(NC(=O)c2ccc(=O)[nH]c2)n1)Nc1ccc(-n2cnnn2)cc1. The lowest BCUT2D eigenvalue weighted by Gasteiger charge is -2.05. The summed E-state index contributed by atoms with van der Waals surface area (Å²) in [5.74, 6) is -0.645. The van der Waals surface area contributed by atoms with Gasteiger partial charge in [0.2, 0.25) is 11.5 Å². The molecule has 0 radical (unpaired) electrons. The summed E-state index contributed by atoms with van der Waals surface area (Å²) in [5, 5.41) is 18.4. The molecule has 12 heteroatoms. The first-order valence-corrected chi connectivity index (χ1v) is 9.52. The Morgan fingerprint density at radius 1 is 1.10 bits per heavy atom. The van der Waals surface area contributed by atoms with Crippen LogP contribution in [0.25, 0.3) is 5.69 Å². The van der Waals surface area contributed by atoms with E-state index >= 15 is 0 Å². The van der Waals surface area contributed by atoms with Gasteiger partial charge in [0.25, 0.3) is 5.91 Å². The Balaban J connectivity index is 1.33. The molecule has 0 saturated carbocycles. The number of nitrogens with one attached hydrogen (secondary N) is 3. The molecular weight excluding hydrogens is 408 g/mol. The summed E-state index contributed by atoms with van der Waals surface area (Å²) in [5.41, 5.74) is 1.92. The summed E-state index contributed by atoms with van der Waals surface area (Å²) in [6.45, 7) is 0. The third kappa shape index (κ3) is 4.62. The molecule has 4 rings (SSSR count). The molecule has 0 aliphatic carbocycles. The van der Waals surface area contributed by atoms with Crippen molar-refractivity contribution in [3.63, 3.8) is 0 Å². The number of benzene rings is 1. The lowest BCUT2D eigenvalue weighted by atomic mass is 10.2. The molecule has 150 valence electrons. The molecule has 1 aromatic carbocycles. The van der Waals surface area contributed by atoms with Crippen molar-refractivity contribution in [3.8, 4) is 5.69 Å². The van der Waals surface area contributed by atoms with Gasteiger partial charge < -0.3 is 10.3 Å². The first-order chi connectivity index (χ1) is 14.6. The Morgan fingerprint density at radius 2 is 1.93 bits per heavy atom. The highest BCUT2D eigenvalue weighted by Gasteiger charge is 2.12. The zero-order valence-corrected chi connectivity index (χ0v) is 16.1. The van der Waals surface area contributed by atoms with Crippen molar-refractivity contribution in [1.82, 2.24) is 30.2 Å². The number of aromatic amines is 1. The number of pyridine rings is 1. The molecule has 11 nitrogen and oxygen atoms in total. The van der Waals surface area contributed by atoms with E-state index < -0.39 is 5.91 Å². The number of tetrazole rings is 1. The highest BCUT2D eigenvalue weighted by atomic mass is 32.1. The van der Waals surface area contributed by atoms with Crippen LogP contribution in [-0.2, 0) is 11.2 Å². The molecule has 0 aliphatic heterocycles. The van der Waals surface area contributed by atoms with Crippen LogP contribution in [0.3, 0.4) is 0 Å². The average Bonchev–Trinajstić information content (AvgIpc) is 3.41. The van der Waals surface area contributed by atoms with Crippen LogP contribution in [0, 0.1) is 0 Å². The second-order valence-electron chi connectivity index (χ2n) is 6.07. The van der Waals surface area contributed by atoms with Crippen molar-refractivity contribution < 1.29 is 9.59 Å². The molecule has 0 fully saturated rings. The third-order valence-electron chi connectivity index (χ3n) is 3.92. The fourth-order valence-corrected chi connectivity index (χ4v) is 3.22. The van der Waals surface area contributed by atoms with Crippen LogP contribution >= 0.6 is 11.3 Å². The number of H-pyrrole nitrogens is 1. The predicted molar refractivity (Wildman–Crippen MR) is 109 cm³/mol. The number of anilines is 2. The van der Waals surface area contributed by atoms with Gasteiger partial charge in [0.1, 0.15) is 6.33 Å². The lowest BCUT2D eigenvalue weighted by molar-refractivity contribution is -0.115. The Kier molecular flexibility index (Phi) is 5.39. The van der Waals surface area contributed by atoms with E-state index in [-0.39, 0.29) is 17.9 Å². The number of carbonyl (C=O) groups is 2. The molecule has 0 spiro atoms. The summed E-state index contributed by atoms with van der Waals surface area (Å²) in [6, 6.07) is 9.72. The molecule has 2 amide bonds. The molecule has 3 aromatic heterocycles. The lowest BCUT2D eigenvalue weighted by Crippen LogP contribution is -2.16. The van der Waals surface area contributed by atoms with Crippen molar-refractivity contribution in [2.75, 3.05) is 10.6 Å². The summed E-state index contributed by atoms with van der Waals surface area (Å²) in [4.78, 5) is 42.2. The van der Waals surface area contributed by atoms with Gasteiger partial charge in [-0.1, -0.05) is 0 Å². The molecular formula is C18H14N8O3S. The van der Waals surface area contributed by atoms with Crippen molar-refractivity contribution in [1.29, 1.82) is 0 Å². The predicted octanol–water partition coefficient (Wildman–Crippen LogP) is 1.24. The largest absolute Gasteiger partial charge is 0.328 e. The Labute approximate surface area is 172 Å². The van der Waals surface area contributed by atoms with Gasteiger partial charge in [0, 0.05) is 23.3 Å². The number of amides is 2. The van der Waals surface area contributed by atoms with E-state index in [4.69, 9.17) is 0 Å². The zero-order chi connectivity index (χ0) is 20.9. The summed E-state index contributed by atoms with van der Waals surface area (Å²) in [7, 11) is 0. The maximum absolute atomic E-state index is 12.3. The Morgan fingerprint density at radius 3 is 2.63 bits per heavy atom. The fourth-order valence-electron chi connectivity index (χ4n) is 2.51. The topological polar surface area (TPSA) is 148 Å². The first-order valence-electron chi connectivity index (χ1n) is 8.64. The van der Waals surface area contributed by atoms with Gasteiger partial charge >= 0.3 is 0 Å². The highest BCUT2D eigenvalue weighted by molar-refractivity contribution is 7.14. The molecule has 0 aliphatic rings. The van der Waals surface area contributed by atoms with Crippen LogP contribution < -0.4 is 16.2 Å². The second kappa shape index (κ2) is 8.45. The fraction of sp³-hybridized carbons (Fsp3) is 0.0556. The van der Waals surface area contributed by atoms with E-state index in [9.17, 15) is 14.4 Å². The number of thiazole rings is 1. The molecule has 0 atom stereocenters. The standard InChI is InChI=1S/C18H14N8O3S/c27-15-6-1-11(8-19-15)17(29)23-18-22-13(9-30-18)7-16(28)21-12-2-4-14(5-3-12)26-10-20-24-25-26/h1-6,8-10H,7H2,(H,19,27)(H,21,28)(H,22,23,29). The Hall–Kier alpha value is -4.19. The van der Waals surface area contributed by atoms with Crippen LogP contribution in [0.2, 0.25) is 0 Å². The zero-order valence-electron chi connectivity index (χ0n) is 15.3. The minimum Gasteiger partial charge on any atom is -0.328 e. The van der Waals surface area contributed by atoms with Crippen LogP contribution in [0.4, 0.5) is 10.8 Å². The quantitative estimate of drug-likeness (QED) is 0.423. The first kappa shape index (κ1) is 19.1. The maximum Gasteiger partial charge on any atom is 0.258 e. The van der Waals surface area contributed by atoms with Gasteiger partial charge in [0.15, 0.2) is 5.13 Å². The van der Waals surface area contributed by atoms with Crippen LogP contribution in [-0.4, -0.2) is 42.0 Å². The monoisotopic (exact) mass is 422 g/mol. The molecule has 0 saturated heterocycles. The van der Waals surface area contributed by atoms with Crippen LogP contribution in [0.1, 0.15) is 16.1 Å². The van der Waals surface area contributed by atoms with Crippen molar-refractivity contribution in [2.24, 2.45) is 0 Å². The van der Waals surface area contributed by atoms with E-state index in [0.29, 0.717) is 22.1 Å². The maximum atomic E-state index is 12.3. The van der Waals surface area contributed by atoms with E-state index in [0.717, 1.165) is 5.69 Å². The van der Waals surface area contributed by atoms with E-state index in [1.165, 1.54) is 40.7 Å². The van der Waals surface area contributed by atoms with Crippen LogP contribution in [0.5, 0.6) is 0 Å². The molecule has 0 unspecified atom stereocenters. The van der Waals surface area contributed by atoms with Gasteiger partial charge in [0.05, 0.1) is 23.4 Å². The van der Waals surface area contributed by atoms with E-state index in [1.54, 1.807) is 29.6 Å². The third-order valence-corrected chi connectivity index (χ3v) is 4.73. The second-order valence-corrected chi connectivity index (χ2v) is 6.92. The molecule has 3 heterocycles. The van der Waals surface area contributed by atoms with Crippen LogP contribution in [0.15, 0.2) is 59.1 Å². The summed E-state index contributed by atoms with van der Waals surface area (Å²) >= 11 is 1.21. The van der Waals surface area contributed by atoms with Gasteiger partial charge in [-0.05, 0) is 40.8 Å². The minimum atomic E-state index is -0.403. The highest BCUT2D eigenvalue weighted by Crippen LogP contribution is 2.18. The summed E-state index contributed by atoms with van der Waals surface area (Å²) in [6.07, 6.45) is 2.85. The number of aromatic nitrogens is 6. The van der Waals surface area contributed by atoms with Crippen molar-refractivity contribution in [3.05, 3.63) is 75.9 Å². The normalized spacial score (nSPS) is 10.5. The van der Waals surface area contributed by atoms with E-state index in [1.807, 2.05) is 0 Å². The number of hydrogen-bond donors (Lipinski definition) is 3. The van der Waals surface area contributed by atoms with E-state index in [2.05, 4.69) is 36.1 Å². The van der Waals surface area contributed by atoms with Crippen molar-refractivity contribution in [2.45, 2.75) is 6.42 Å². The molecule has 0 bridgehead atoms. The summed E-state index contributed by atoms with van der Waals surface area (Å²) < 4.78 is 1.50.